The van der Waals surface area contributed by atoms with Crippen LogP contribution in [0.3, 0.4) is 0 Å². The van der Waals surface area contributed by atoms with Crippen LogP contribution in [-0.4, -0.2) is 6.54 Å². The van der Waals surface area contributed by atoms with Gasteiger partial charge in [0.15, 0.2) is 0 Å². The molecule has 21 heavy (non-hydrogen) atoms. The van der Waals surface area contributed by atoms with Gasteiger partial charge in [0.1, 0.15) is 5.82 Å². The van der Waals surface area contributed by atoms with Crippen LogP contribution < -0.4 is 5.32 Å². The number of hydrogen-bond acceptors (Lipinski definition) is 2. The number of nitrogens with one attached hydrogen (secondary N) is 1. The molecule has 0 aliphatic heterocycles. The van der Waals surface area contributed by atoms with Crippen molar-refractivity contribution in [2.24, 2.45) is 0 Å². The van der Waals surface area contributed by atoms with Crippen LogP contribution in [0.25, 0.3) is 0 Å². The highest BCUT2D eigenvalue weighted by Gasteiger charge is 2.16. The minimum atomic E-state index is -0.131. The molecule has 0 saturated carbocycles. The summed E-state index contributed by atoms with van der Waals surface area (Å²) < 4.78 is 14.9. The number of hydrogen-bond donors (Lipinski definition) is 1. The van der Waals surface area contributed by atoms with Crippen molar-refractivity contribution in [3.63, 3.8) is 0 Å². The highest BCUT2D eigenvalue weighted by Crippen LogP contribution is 2.28. The van der Waals surface area contributed by atoms with Crippen molar-refractivity contribution in [2.75, 3.05) is 6.54 Å². The van der Waals surface area contributed by atoms with E-state index in [1.165, 1.54) is 15.8 Å². The largest absolute Gasteiger partial charge is 0.309 e. The lowest BCUT2D eigenvalue weighted by Crippen LogP contribution is -2.23. The Morgan fingerprint density at radius 3 is 2.71 bits per heavy atom. The van der Waals surface area contributed by atoms with Crippen LogP contribution in [0.2, 0.25) is 0 Å². The minimum absolute atomic E-state index is 0.131. The molecule has 2 aromatic rings. The number of thiophene rings is 1. The SMILES string of the molecule is CCCNC(Cc1cc(Br)ccc1F)c1ccc(CC)s1. The number of halogens is 2. The Morgan fingerprint density at radius 1 is 1.24 bits per heavy atom. The zero-order valence-corrected chi connectivity index (χ0v) is 14.9. The van der Waals surface area contributed by atoms with Gasteiger partial charge in [0.2, 0.25) is 0 Å². The Hall–Kier alpha value is -0.710. The average molecular weight is 370 g/mol. The summed E-state index contributed by atoms with van der Waals surface area (Å²) in [6, 6.07) is 9.68. The summed E-state index contributed by atoms with van der Waals surface area (Å²) >= 11 is 5.25. The van der Waals surface area contributed by atoms with Crippen LogP contribution in [0.1, 0.15) is 41.6 Å². The predicted molar refractivity (Wildman–Crippen MR) is 92.5 cm³/mol. The molecule has 1 atom stereocenters. The summed E-state index contributed by atoms with van der Waals surface area (Å²) in [5, 5.41) is 3.55. The zero-order chi connectivity index (χ0) is 15.2. The van der Waals surface area contributed by atoms with E-state index in [0.717, 1.165) is 29.4 Å². The van der Waals surface area contributed by atoms with E-state index in [2.05, 4.69) is 47.2 Å². The average Bonchev–Trinajstić information content (AvgIpc) is 2.95. The minimum Gasteiger partial charge on any atom is -0.309 e. The fourth-order valence-electron chi connectivity index (χ4n) is 2.28. The van der Waals surface area contributed by atoms with Crippen molar-refractivity contribution in [2.45, 2.75) is 39.2 Å². The molecule has 0 aliphatic carbocycles. The molecule has 2 rings (SSSR count). The van der Waals surface area contributed by atoms with E-state index < -0.39 is 0 Å². The van der Waals surface area contributed by atoms with Crippen LogP contribution in [-0.2, 0) is 12.8 Å². The van der Waals surface area contributed by atoms with Gasteiger partial charge in [-0.05, 0) is 61.7 Å². The first-order valence-electron chi connectivity index (χ1n) is 7.40. The predicted octanol–water partition coefficient (Wildman–Crippen LogP) is 5.50. The molecule has 114 valence electrons. The lowest BCUT2D eigenvalue weighted by atomic mass is 10.0. The maximum absolute atomic E-state index is 14.0. The Balaban J connectivity index is 2.21. The first-order valence-corrected chi connectivity index (χ1v) is 9.00. The van der Waals surface area contributed by atoms with Crippen molar-refractivity contribution in [3.8, 4) is 0 Å². The van der Waals surface area contributed by atoms with Gasteiger partial charge in [-0.3, -0.25) is 0 Å². The maximum atomic E-state index is 14.0. The summed E-state index contributed by atoms with van der Waals surface area (Å²) in [5.74, 6) is -0.131. The quantitative estimate of drug-likeness (QED) is 0.679. The highest BCUT2D eigenvalue weighted by atomic mass is 79.9. The van der Waals surface area contributed by atoms with E-state index in [9.17, 15) is 4.39 Å². The normalized spacial score (nSPS) is 12.6. The summed E-state index contributed by atoms with van der Waals surface area (Å²) in [7, 11) is 0. The van der Waals surface area contributed by atoms with E-state index in [0.29, 0.717) is 6.42 Å². The van der Waals surface area contributed by atoms with E-state index >= 15 is 0 Å². The smallest absolute Gasteiger partial charge is 0.126 e. The summed E-state index contributed by atoms with van der Waals surface area (Å²) in [4.78, 5) is 2.67. The third-order valence-corrected chi connectivity index (χ3v) is 5.28. The summed E-state index contributed by atoms with van der Waals surface area (Å²) in [6.07, 6.45) is 2.80. The molecular formula is C17H21BrFNS. The Kier molecular flexibility index (Phi) is 6.40. The molecule has 4 heteroatoms. The molecular weight excluding hydrogens is 349 g/mol. The molecule has 0 fully saturated rings. The number of rotatable bonds is 7. The molecule has 0 bridgehead atoms. The second kappa shape index (κ2) is 8.06. The van der Waals surface area contributed by atoms with E-state index in [-0.39, 0.29) is 11.9 Å². The van der Waals surface area contributed by atoms with Crippen LogP contribution in [0.15, 0.2) is 34.8 Å². The third kappa shape index (κ3) is 4.63. The van der Waals surface area contributed by atoms with Gasteiger partial charge in [-0.25, -0.2) is 4.39 Å². The Labute approximate surface area is 138 Å². The second-order valence-electron chi connectivity index (χ2n) is 5.10. The van der Waals surface area contributed by atoms with Crippen molar-refractivity contribution in [3.05, 3.63) is 55.9 Å². The fourth-order valence-corrected chi connectivity index (χ4v) is 3.72. The fraction of sp³-hybridized carbons (Fsp3) is 0.412. The Morgan fingerprint density at radius 2 is 2.05 bits per heavy atom. The van der Waals surface area contributed by atoms with Gasteiger partial charge in [0.25, 0.3) is 0 Å². The first-order chi connectivity index (χ1) is 10.1. The second-order valence-corrected chi connectivity index (χ2v) is 7.22. The number of aryl methyl sites for hydroxylation is 1. The molecule has 0 aliphatic rings. The van der Waals surface area contributed by atoms with Gasteiger partial charge in [-0.1, -0.05) is 29.8 Å². The topological polar surface area (TPSA) is 12.0 Å². The maximum Gasteiger partial charge on any atom is 0.126 e. The zero-order valence-electron chi connectivity index (χ0n) is 12.5. The van der Waals surface area contributed by atoms with E-state index in [1.807, 2.05) is 17.4 Å². The van der Waals surface area contributed by atoms with Crippen molar-refractivity contribution >= 4 is 27.3 Å². The van der Waals surface area contributed by atoms with Crippen molar-refractivity contribution in [1.82, 2.24) is 5.32 Å². The van der Waals surface area contributed by atoms with Crippen molar-refractivity contribution < 1.29 is 4.39 Å². The lowest BCUT2D eigenvalue weighted by molar-refractivity contribution is 0.519. The van der Waals surface area contributed by atoms with Gasteiger partial charge in [0, 0.05) is 20.3 Å². The van der Waals surface area contributed by atoms with Gasteiger partial charge >= 0.3 is 0 Å². The van der Waals surface area contributed by atoms with E-state index in [4.69, 9.17) is 0 Å². The monoisotopic (exact) mass is 369 g/mol. The van der Waals surface area contributed by atoms with Crippen molar-refractivity contribution in [1.29, 1.82) is 0 Å². The van der Waals surface area contributed by atoms with Gasteiger partial charge < -0.3 is 5.32 Å². The molecule has 0 radical (unpaired) electrons. The molecule has 0 spiro atoms. The molecule has 1 N–H and O–H groups in total. The molecule has 1 nitrogen and oxygen atoms in total. The summed E-state index contributed by atoms with van der Waals surface area (Å²) in [6.45, 7) is 5.26. The molecule has 1 aromatic carbocycles. The molecule has 1 unspecified atom stereocenters. The Bertz CT molecular complexity index is 582. The highest BCUT2D eigenvalue weighted by molar-refractivity contribution is 9.10. The molecule has 0 amide bonds. The van der Waals surface area contributed by atoms with E-state index in [1.54, 1.807) is 6.07 Å². The van der Waals surface area contributed by atoms with Gasteiger partial charge in [-0.15, -0.1) is 11.3 Å². The lowest BCUT2D eigenvalue weighted by Gasteiger charge is -2.18. The third-order valence-electron chi connectivity index (χ3n) is 3.45. The molecule has 0 saturated heterocycles. The van der Waals surface area contributed by atoms with Crippen LogP contribution in [0.4, 0.5) is 4.39 Å². The van der Waals surface area contributed by atoms with Gasteiger partial charge in [-0.2, -0.15) is 0 Å². The number of benzene rings is 1. The molecule has 1 aromatic heterocycles. The van der Waals surface area contributed by atoms with Crippen LogP contribution >= 0.6 is 27.3 Å². The summed E-state index contributed by atoms with van der Waals surface area (Å²) in [5.41, 5.74) is 0.754. The van der Waals surface area contributed by atoms with Crippen LogP contribution in [0.5, 0.6) is 0 Å². The van der Waals surface area contributed by atoms with Gasteiger partial charge in [0.05, 0.1) is 0 Å². The van der Waals surface area contributed by atoms with Crippen LogP contribution in [0, 0.1) is 5.82 Å². The first kappa shape index (κ1) is 16.7. The standard InChI is InChI=1S/C17H21BrFNS/c1-3-9-20-16(17-8-6-14(4-2)21-17)11-12-10-13(18)5-7-15(12)19/h5-8,10,16,20H,3-4,9,11H2,1-2H3. The molecule has 1 heterocycles.